The summed E-state index contributed by atoms with van der Waals surface area (Å²) in [4.78, 5) is 27.7. The fraction of sp³-hybridized carbons (Fsp3) is 0.458. The average molecular weight is 454 g/mol. The number of methoxy groups -OCH3 is 1. The van der Waals surface area contributed by atoms with Gasteiger partial charge in [0, 0.05) is 69.6 Å². The molecule has 0 saturated carbocycles. The Labute approximate surface area is 194 Å². The molecule has 3 aliphatic heterocycles. The molecule has 4 heterocycles. The molecule has 1 aromatic heterocycles. The van der Waals surface area contributed by atoms with Gasteiger partial charge in [0.1, 0.15) is 17.8 Å². The number of aliphatic imine (C=N–C) groups is 1. The lowest BCUT2D eigenvalue weighted by atomic mass is 10.1. The van der Waals surface area contributed by atoms with Crippen LogP contribution in [0.4, 0.5) is 4.79 Å². The largest absolute Gasteiger partial charge is 0.481 e. The minimum atomic E-state index is -0.236. The maximum Gasteiger partial charge on any atom is 0.410 e. The van der Waals surface area contributed by atoms with Crippen LogP contribution in [0.2, 0.25) is 0 Å². The van der Waals surface area contributed by atoms with Gasteiger partial charge in [-0.2, -0.15) is 0 Å². The predicted octanol–water partition coefficient (Wildman–Crippen LogP) is 2.74. The third-order valence-electron chi connectivity index (χ3n) is 6.00. The van der Waals surface area contributed by atoms with Crippen LogP contribution in [0.5, 0.6) is 5.88 Å². The van der Waals surface area contributed by atoms with E-state index in [9.17, 15) is 4.79 Å². The van der Waals surface area contributed by atoms with Gasteiger partial charge in [-0.25, -0.2) is 14.8 Å². The zero-order chi connectivity index (χ0) is 23.2. The first kappa shape index (κ1) is 22.8. The Hall–Kier alpha value is -3.33. The number of amidine groups is 1. The number of aromatic nitrogens is 1. The van der Waals surface area contributed by atoms with E-state index >= 15 is 0 Å². The number of ether oxygens (including phenoxy) is 3. The highest BCUT2D eigenvalue weighted by Crippen LogP contribution is 2.30. The second kappa shape index (κ2) is 10.5. The summed E-state index contributed by atoms with van der Waals surface area (Å²) in [5.74, 6) is 2.13. The number of amides is 1. The molecule has 0 bridgehead atoms. The highest BCUT2D eigenvalue weighted by atomic mass is 16.6. The molecule has 3 aliphatic rings. The lowest BCUT2D eigenvalue weighted by Crippen LogP contribution is -2.51. The summed E-state index contributed by atoms with van der Waals surface area (Å²) in [7, 11) is 3.55. The summed E-state index contributed by atoms with van der Waals surface area (Å²) in [6.07, 6.45) is 8.69. The quantitative estimate of drug-likeness (QED) is 0.694. The van der Waals surface area contributed by atoms with Crippen LogP contribution in [-0.4, -0.2) is 91.3 Å². The van der Waals surface area contributed by atoms with E-state index in [4.69, 9.17) is 19.2 Å². The van der Waals surface area contributed by atoms with E-state index in [-0.39, 0.29) is 12.2 Å². The smallest absolute Gasteiger partial charge is 0.410 e. The third-order valence-corrected chi connectivity index (χ3v) is 6.00. The van der Waals surface area contributed by atoms with E-state index in [2.05, 4.69) is 16.5 Å². The van der Waals surface area contributed by atoms with E-state index in [0.29, 0.717) is 45.3 Å². The van der Waals surface area contributed by atoms with Crippen molar-refractivity contribution in [2.75, 3.05) is 53.6 Å². The lowest BCUT2D eigenvalue weighted by molar-refractivity contribution is -0.0128. The van der Waals surface area contributed by atoms with Crippen molar-refractivity contribution in [3.8, 4) is 5.88 Å². The van der Waals surface area contributed by atoms with Crippen LogP contribution in [-0.2, 0) is 9.47 Å². The van der Waals surface area contributed by atoms with Crippen molar-refractivity contribution < 1.29 is 19.0 Å². The summed E-state index contributed by atoms with van der Waals surface area (Å²) < 4.78 is 16.4. The Bertz CT molecular complexity index is 959. The van der Waals surface area contributed by atoms with Crippen LogP contribution in [0.3, 0.4) is 0 Å². The van der Waals surface area contributed by atoms with Crippen molar-refractivity contribution in [2.45, 2.75) is 18.9 Å². The van der Waals surface area contributed by atoms with Gasteiger partial charge in [0.15, 0.2) is 0 Å². The molecule has 2 saturated heterocycles. The minimum Gasteiger partial charge on any atom is -0.481 e. The zero-order valence-electron chi connectivity index (χ0n) is 19.3. The Morgan fingerprint density at radius 1 is 1.24 bits per heavy atom. The summed E-state index contributed by atoms with van der Waals surface area (Å²) in [5.41, 5.74) is 1.67. The van der Waals surface area contributed by atoms with Crippen molar-refractivity contribution >= 4 is 17.5 Å². The molecular formula is C24H31N5O4. The summed E-state index contributed by atoms with van der Waals surface area (Å²) in [6.45, 7) is 7.85. The van der Waals surface area contributed by atoms with Gasteiger partial charge < -0.3 is 28.9 Å². The first-order valence-corrected chi connectivity index (χ1v) is 11.2. The second-order valence-electron chi connectivity index (χ2n) is 8.07. The van der Waals surface area contributed by atoms with Gasteiger partial charge in [-0.05, 0) is 18.2 Å². The normalized spacial score (nSPS) is 20.9. The van der Waals surface area contributed by atoms with Crippen LogP contribution in [0, 0.1) is 0 Å². The van der Waals surface area contributed by atoms with Crippen LogP contribution in [0.25, 0.3) is 5.57 Å². The van der Waals surface area contributed by atoms with Gasteiger partial charge in [0.25, 0.3) is 0 Å². The molecule has 0 aliphatic carbocycles. The first-order valence-electron chi connectivity index (χ1n) is 11.2. The number of hydrogen-bond acceptors (Lipinski definition) is 8. The molecule has 176 valence electrons. The van der Waals surface area contributed by atoms with Gasteiger partial charge in [0.2, 0.25) is 5.88 Å². The second-order valence-corrected chi connectivity index (χ2v) is 8.07. The molecule has 9 nitrogen and oxygen atoms in total. The number of hydrogen-bond donors (Lipinski definition) is 0. The van der Waals surface area contributed by atoms with Gasteiger partial charge in [-0.15, -0.1) is 0 Å². The Morgan fingerprint density at radius 3 is 2.70 bits per heavy atom. The number of allylic oxidation sites excluding steroid dienone is 2. The van der Waals surface area contributed by atoms with Gasteiger partial charge in [0.05, 0.1) is 20.3 Å². The third kappa shape index (κ3) is 5.19. The summed E-state index contributed by atoms with van der Waals surface area (Å²) in [6, 6.07) is 3.81. The number of piperazine rings is 1. The summed E-state index contributed by atoms with van der Waals surface area (Å²) in [5, 5.41) is 0. The molecule has 9 heteroatoms. The van der Waals surface area contributed by atoms with Gasteiger partial charge >= 0.3 is 6.09 Å². The fourth-order valence-corrected chi connectivity index (χ4v) is 4.11. The number of nitrogens with zero attached hydrogens (tertiary/aromatic N) is 5. The molecular weight excluding hydrogens is 422 g/mol. The Kier molecular flexibility index (Phi) is 7.29. The fourth-order valence-electron chi connectivity index (χ4n) is 4.11. The molecule has 33 heavy (non-hydrogen) atoms. The van der Waals surface area contributed by atoms with Crippen LogP contribution in [0.1, 0.15) is 18.4 Å². The van der Waals surface area contributed by atoms with Crippen molar-refractivity contribution in [3.63, 3.8) is 0 Å². The highest BCUT2D eigenvalue weighted by Gasteiger charge is 2.27. The van der Waals surface area contributed by atoms with E-state index in [1.54, 1.807) is 24.3 Å². The summed E-state index contributed by atoms with van der Waals surface area (Å²) >= 11 is 0. The molecule has 0 aromatic carbocycles. The van der Waals surface area contributed by atoms with Crippen LogP contribution in [0.15, 0.2) is 54.1 Å². The number of carbonyl (C=O) groups is 1. The molecule has 4 rings (SSSR count). The van der Waals surface area contributed by atoms with E-state index in [1.165, 1.54) is 0 Å². The van der Waals surface area contributed by atoms with E-state index in [1.807, 2.05) is 36.4 Å². The maximum atomic E-state index is 12.5. The highest BCUT2D eigenvalue weighted by molar-refractivity contribution is 5.96. The van der Waals surface area contributed by atoms with Gasteiger partial charge in [-0.1, -0.05) is 12.7 Å². The van der Waals surface area contributed by atoms with E-state index in [0.717, 1.165) is 35.6 Å². The predicted molar refractivity (Wildman–Crippen MR) is 126 cm³/mol. The minimum absolute atomic E-state index is 0.0417. The standard InChI is InChI=1S/C24H31N5O4/c1-4-19(20-6-5-10-25-23(20)31-3)22-26-21(7-11-27(22)2)28-12-14-29(15-13-28)24(30)33-18-8-16-32-17-9-18/h4-7,10-11,18H,1,8-9,12-17H2,2-3H3/b22-19+. The topological polar surface area (TPSA) is 79.7 Å². The molecule has 1 aromatic rings. The van der Waals surface area contributed by atoms with Crippen LogP contribution < -0.4 is 4.74 Å². The van der Waals surface area contributed by atoms with Crippen molar-refractivity contribution in [1.82, 2.24) is 19.7 Å². The molecule has 0 N–H and O–H groups in total. The van der Waals surface area contributed by atoms with Crippen molar-refractivity contribution in [2.24, 2.45) is 4.99 Å². The first-order chi connectivity index (χ1) is 16.1. The molecule has 0 atom stereocenters. The van der Waals surface area contributed by atoms with Gasteiger partial charge in [-0.3, -0.25) is 0 Å². The lowest BCUT2D eigenvalue weighted by Gasteiger charge is -2.37. The Balaban J connectivity index is 1.46. The monoisotopic (exact) mass is 453 g/mol. The SMILES string of the molecule is C=C/C(=C1/N=C(N2CCN(C(=O)OC3CCOCC3)CC2)C=CN1C)c1cccnc1OC. The number of carbonyl (C=O) groups excluding carboxylic acids is 1. The number of rotatable bonds is 4. The van der Waals surface area contributed by atoms with Crippen LogP contribution >= 0.6 is 0 Å². The van der Waals surface area contributed by atoms with Crippen molar-refractivity contribution in [3.05, 3.63) is 54.6 Å². The van der Waals surface area contributed by atoms with Crippen molar-refractivity contribution in [1.29, 1.82) is 0 Å². The molecule has 1 amide bonds. The average Bonchev–Trinajstić information content (AvgIpc) is 2.86. The van der Waals surface area contributed by atoms with E-state index < -0.39 is 0 Å². The molecule has 0 radical (unpaired) electrons. The molecule has 0 unspecified atom stereocenters. The maximum absolute atomic E-state index is 12.5. The number of pyridine rings is 1. The Morgan fingerprint density at radius 2 is 2.00 bits per heavy atom. The zero-order valence-corrected chi connectivity index (χ0v) is 19.3. The molecule has 2 fully saturated rings. The molecule has 0 spiro atoms.